The highest BCUT2D eigenvalue weighted by Crippen LogP contribution is 2.24. The maximum atomic E-state index is 5.56. The predicted molar refractivity (Wildman–Crippen MR) is 59.8 cm³/mol. The highest BCUT2D eigenvalue weighted by molar-refractivity contribution is 7.94. The van der Waals surface area contributed by atoms with E-state index in [1.807, 2.05) is 36.4 Å². The molecule has 0 aliphatic heterocycles. The lowest BCUT2D eigenvalue weighted by Crippen LogP contribution is -1.85. The zero-order chi connectivity index (χ0) is 9.64. The lowest BCUT2D eigenvalue weighted by atomic mass is 10.2. The first-order chi connectivity index (χ1) is 6.95. The van der Waals surface area contributed by atoms with E-state index >= 15 is 0 Å². The Labute approximate surface area is 88.7 Å². The minimum atomic E-state index is 0.963. The summed E-state index contributed by atoms with van der Waals surface area (Å²) in [6.07, 6.45) is 8.50. The normalized spacial score (nSPS) is 15.0. The van der Waals surface area contributed by atoms with E-state index in [0.29, 0.717) is 0 Å². The van der Waals surface area contributed by atoms with Gasteiger partial charge < -0.3 is 4.18 Å². The van der Waals surface area contributed by atoms with Gasteiger partial charge in [-0.15, -0.1) is 0 Å². The zero-order valence-corrected chi connectivity index (χ0v) is 8.67. The molecule has 2 heteroatoms. The van der Waals surface area contributed by atoms with Crippen LogP contribution in [0.1, 0.15) is 12.8 Å². The second-order valence-electron chi connectivity index (χ2n) is 3.07. The van der Waals surface area contributed by atoms with Crippen LogP contribution in [0.2, 0.25) is 0 Å². The molecule has 1 aromatic carbocycles. The second kappa shape index (κ2) is 4.91. The quantitative estimate of drug-likeness (QED) is 0.689. The zero-order valence-electron chi connectivity index (χ0n) is 7.85. The van der Waals surface area contributed by atoms with Gasteiger partial charge in [0.25, 0.3) is 0 Å². The van der Waals surface area contributed by atoms with Gasteiger partial charge in [0.2, 0.25) is 0 Å². The van der Waals surface area contributed by atoms with Gasteiger partial charge in [0.15, 0.2) is 0 Å². The number of hydrogen-bond donors (Lipinski definition) is 0. The summed E-state index contributed by atoms with van der Waals surface area (Å²) in [5.74, 6) is 0.963. The fraction of sp³-hybridized carbons (Fsp3) is 0.167. The van der Waals surface area contributed by atoms with Crippen LogP contribution in [0.15, 0.2) is 59.2 Å². The summed E-state index contributed by atoms with van der Waals surface area (Å²) >= 11 is 1.41. The average molecular weight is 204 g/mol. The summed E-state index contributed by atoms with van der Waals surface area (Å²) in [5.41, 5.74) is 0. The Morgan fingerprint density at radius 3 is 2.64 bits per heavy atom. The van der Waals surface area contributed by atoms with Crippen LogP contribution >= 0.6 is 12.0 Å². The third-order valence-corrected chi connectivity index (χ3v) is 2.68. The third kappa shape index (κ3) is 2.67. The Hall–Kier alpha value is -1.15. The van der Waals surface area contributed by atoms with Crippen molar-refractivity contribution in [3.63, 3.8) is 0 Å². The summed E-state index contributed by atoms with van der Waals surface area (Å²) in [4.78, 5) is 1.13. The Bertz CT molecular complexity index is 341. The molecule has 0 saturated carbocycles. The van der Waals surface area contributed by atoms with Gasteiger partial charge in [-0.1, -0.05) is 24.3 Å². The lowest BCUT2D eigenvalue weighted by molar-refractivity contribution is 0.514. The van der Waals surface area contributed by atoms with Crippen LogP contribution in [0.3, 0.4) is 0 Å². The van der Waals surface area contributed by atoms with Crippen molar-refractivity contribution < 1.29 is 4.18 Å². The predicted octanol–water partition coefficient (Wildman–Crippen LogP) is 3.94. The van der Waals surface area contributed by atoms with Gasteiger partial charge in [-0.2, -0.15) is 0 Å². The largest absolute Gasteiger partial charge is 0.421 e. The molecule has 0 saturated heterocycles. The van der Waals surface area contributed by atoms with E-state index in [0.717, 1.165) is 23.5 Å². The van der Waals surface area contributed by atoms with Crippen molar-refractivity contribution in [3.8, 4) is 0 Å². The van der Waals surface area contributed by atoms with Crippen LogP contribution in [0.25, 0.3) is 0 Å². The van der Waals surface area contributed by atoms with Gasteiger partial charge in [0.05, 0.1) is 12.0 Å². The Morgan fingerprint density at radius 1 is 1.07 bits per heavy atom. The summed E-state index contributed by atoms with van der Waals surface area (Å²) in [6, 6.07) is 10.1. The molecule has 0 bridgehead atoms. The van der Waals surface area contributed by atoms with Crippen molar-refractivity contribution in [2.75, 3.05) is 0 Å². The maximum Gasteiger partial charge on any atom is 0.133 e. The van der Waals surface area contributed by atoms with Gasteiger partial charge in [-0.3, -0.25) is 0 Å². The van der Waals surface area contributed by atoms with E-state index in [9.17, 15) is 0 Å². The highest BCUT2D eigenvalue weighted by atomic mass is 32.2. The molecule has 0 N–H and O–H groups in total. The van der Waals surface area contributed by atoms with Gasteiger partial charge in [-0.05, 0) is 37.1 Å². The van der Waals surface area contributed by atoms with E-state index in [-0.39, 0.29) is 0 Å². The molecule has 0 unspecified atom stereocenters. The molecule has 0 amide bonds. The minimum absolute atomic E-state index is 0.963. The molecule has 0 aromatic heterocycles. The maximum absolute atomic E-state index is 5.56. The van der Waals surface area contributed by atoms with Crippen molar-refractivity contribution in [1.29, 1.82) is 0 Å². The molecular formula is C12H12OS. The summed E-state index contributed by atoms with van der Waals surface area (Å²) in [5, 5.41) is 0. The first kappa shape index (κ1) is 9.41. The van der Waals surface area contributed by atoms with Crippen molar-refractivity contribution in [2.24, 2.45) is 0 Å². The van der Waals surface area contributed by atoms with E-state index in [1.165, 1.54) is 12.0 Å². The number of allylic oxidation sites excluding steroid dienone is 3. The van der Waals surface area contributed by atoms with E-state index in [1.54, 1.807) is 0 Å². The number of benzene rings is 1. The molecule has 0 radical (unpaired) electrons. The monoisotopic (exact) mass is 204 g/mol. The van der Waals surface area contributed by atoms with Gasteiger partial charge in [-0.25, -0.2) is 0 Å². The van der Waals surface area contributed by atoms with Crippen LogP contribution in [0, 0.1) is 0 Å². The van der Waals surface area contributed by atoms with Crippen molar-refractivity contribution in [1.82, 2.24) is 0 Å². The molecule has 2 rings (SSSR count). The van der Waals surface area contributed by atoms with Crippen LogP contribution in [0.4, 0.5) is 0 Å². The highest BCUT2D eigenvalue weighted by Gasteiger charge is 1.99. The van der Waals surface area contributed by atoms with Gasteiger partial charge in [0.1, 0.15) is 5.76 Å². The standard InChI is InChI=1S/C12H12OS/c1-3-7-11(8-4-1)13-14-12-9-5-2-6-10-12/h2-3,5-10H,1,4H2. The molecule has 1 nitrogen and oxygen atoms in total. The molecule has 1 aliphatic carbocycles. The van der Waals surface area contributed by atoms with E-state index in [2.05, 4.69) is 12.2 Å². The molecule has 0 heterocycles. The smallest absolute Gasteiger partial charge is 0.133 e. The molecule has 0 atom stereocenters. The Morgan fingerprint density at radius 2 is 1.93 bits per heavy atom. The molecule has 14 heavy (non-hydrogen) atoms. The summed E-state index contributed by atoms with van der Waals surface area (Å²) in [6.45, 7) is 0. The van der Waals surface area contributed by atoms with Crippen LogP contribution < -0.4 is 0 Å². The first-order valence-electron chi connectivity index (χ1n) is 4.71. The van der Waals surface area contributed by atoms with Gasteiger partial charge >= 0.3 is 0 Å². The Balaban J connectivity index is 1.88. The molecular weight excluding hydrogens is 192 g/mol. The van der Waals surface area contributed by atoms with Crippen LogP contribution in [-0.4, -0.2) is 0 Å². The van der Waals surface area contributed by atoms with E-state index in [4.69, 9.17) is 4.18 Å². The topological polar surface area (TPSA) is 9.23 Å². The fourth-order valence-corrected chi connectivity index (χ4v) is 1.81. The lowest BCUT2D eigenvalue weighted by Gasteiger charge is -2.07. The third-order valence-electron chi connectivity index (χ3n) is 1.94. The fourth-order valence-electron chi connectivity index (χ4n) is 1.22. The SMILES string of the molecule is C1=CC(OSc2ccccc2)=CCC1. The van der Waals surface area contributed by atoms with Crippen molar-refractivity contribution >= 4 is 12.0 Å². The van der Waals surface area contributed by atoms with E-state index < -0.39 is 0 Å². The summed E-state index contributed by atoms with van der Waals surface area (Å²) in [7, 11) is 0. The molecule has 0 fully saturated rings. The molecule has 72 valence electrons. The average Bonchev–Trinajstić information content (AvgIpc) is 2.29. The minimum Gasteiger partial charge on any atom is -0.421 e. The van der Waals surface area contributed by atoms with Gasteiger partial charge in [0, 0.05) is 4.90 Å². The second-order valence-corrected chi connectivity index (χ2v) is 3.87. The Kier molecular flexibility index (Phi) is 3.30. The molecule has 0 spiro atoms. The molecule has 1 aromatic rings. The van der Waals surface area contributed by atoms with Crippen molar-refractivity contribution in [3.05, 3.63) is 54.3 Å². The number of hydrogen-bond acceptors (Lipinski definition) is 2. The summed E-state index contributed by atoms with van der Waals surface area (Å²) < 4.78 is 5.56. The van der Waals surface area contributed by atoms with Crippen LogP contribution in [0.5, 0.6) is 0 Å². The van der Waals surface area contributed by atoms with Crippen LogP contribution in [-0.2, 0) is 4.18 Å². The number of rotatable bonds is 3. The van der Waals surface area contributed by atoms with Crippen molar-refractivity contribution in [2.45, 2.75) is 17.7 Å². The molecule has 1 aliphatic rings. The first-order valence-corrected chi connectivity index (χ1v) is 5.45.